The van der Waals surface area contributed by atoms with Crippen LogP contribution in [0.5, 0.6) is 5.75 Å². The van der Waals surface area contributed by atoms with Gasteiger partial charge in [-0.25, -0.2) is 0 Å². The van der Waals surface area contributed by atoms with Crippen molar-refractivity contribution in [2.75, 3.05) is 6.61 Å². The first-order chi connectivity index (χ1) is 8.28. The maximum absolute atomic E-state index is 6.52. The van der Waals surface area contributed by atoms with Gasteiger partial charge in [-0.15, -0.1) is 0 Å². The maximum Gasteiger partial charge on any atom is 0.124 e. The van der Waals surface area contributed by atoms with Crippen LogP contribution in [-0.4, -0.2) is 6.61 Å². The topological polar surface area (TPSA) is 35.2 Å². The molecule has 0 radical (unpaired) electrons. The van der Waals surface area contributed by atoms with Crippen LogP contribution in [0.2, 0.25) is 0 Å². The molecular weight excluding hydrogens is 210 g/mol. The van der Waals surface area contributed by atoms with Crippen LogP contribution in [0, 0.1) is 5.92 Å². The fourth-order valence-electron chi connectivity index (χ4n) is 2.77. The smallest absolute Gasteiger partial charge is 0.124 e. The molecule has 0 bridgehead atoms. The molecule has 0 amide bonds. The lowest BCUT2D eigenvalue weighted by Crippen LogP contribution is -2.33. The summed E-state index contributed by atoms with van der Waals surface area (Å²) in [6, 6.07) is 8.34. The molecule has 0 saturated heterocycles. The molecule has 2 aliphatic rings. The maximum atomic E-state index is 6.52. The highest BCUT2D eigenvalue weighted by atomic mass is 16.5. The van der Waals surface area contributed by atoms with Crippen molar-refractivity contribution in [3.63, 3.8) is 0 Å². The molecule has 0 heterocycles. The number of benzene rings is 1. The average molecular weight is 231 g/mol. The minimum atomic E-state index is -0.139. The lowest BCUT2D eigenvalue weighted by molar-refractivity contribution is 0.287. The van der Waals surface area contributed by atoms with E-state index >= 15 is 0 Å². The third-order valence-corrected chi connectivity index (χ3v) is 4.09. The van der Waals surface area contributed by atoms with Gasteiger partial charge in [0.25, 0.3) is 0 Å². The summed E-state index contributed by atoms with van der Waals surface area (Å²) >= 11 is 0. The second-order valence-electron chi connectivity index (χ2n) is 5.61. The van der Waals surface area contributed by atoms with Crippen LogP contribution >= 0.6 is 0 Å². The molecule has 2 N–H and O–H groups in total. The van der Waals surface area contributed by atoms with Gasteiger partial charge in [0.15, 0.2) is 0 Å². The molecule has 2 saturated carbocycles. The van der Waals surface area contributed by atoms with Gasteiger partial charge in [-0.3, -0.25) is 0 Å². The van der Waals surface area contributed by atoms with Gasteiger partial charge in [0.05, 0.1) is 6.61 Å². The summed E-state index contributed by atoms with van der Waals surface area (Å²) in [7, 11) is 0. The number of ether oxygens (including phenoxy) is 1. The molecule has 1 aromatic carbocycles. The van der Waals surface area contributed by atoms with E-state index in [1.807, 2.05) is 6.07 Å². The van der Waals surface area contributed by atoms with Crippen molar-refractivity contribution < 1.29 is 4.74 Å². The van der Waals surface area contributed by atoms with Crippen molar-refractivity contribution in [3.05, 3.63) is 29.8 Å². The molecule has 0 atom stereocenters. The number of hydrogen-bond acceptors (Lipinski definition) is 2. The minimum Gasteiger partial charge on any atom is -0.493 e. The van der Waals surface area contributed by atoms with E-state index in [1.165, 1.54) is 31.2 Å². The number of para-hydroxylation sites is 1. The molecule has 17 heavy (non-hydrogen) atoms. The van der Waals surface area contributed by atoms with E-state index in [1.54, 1.807) is 0 Å². The van der Waals surface area contributed by atoms with Crippen LogP contribution in [0.25, 0.3) is 0 Å². The molecule has 1 aromatic rings. The molecular formula is C15H21NO. The highest BCUT2D eigenvalue weighted by Crippen LogP contribution is 2.41. The van der Waals surface area contributed by atoms with Crippen LogP contribution in [0.1, 0.15) is 44.1 Å². The molecule has 0 unspecified atom stereocenters. The number of hydrogen-bond donors (Lipinski definition) is 1. The fourth-order valence-corrected chi connectivity index (χ4v) is 2.77. The van der Waals surface area contributed by atoms with Crippen LogP contribution in [0.4, 0.5) is 0 Å². The molecule has 2 aliphatic carbocycles. The first-order valence-corrected chi connectivity index (χ1v) is 6.79. The summed E-state index contributed by atoms with van der Waals surface area (Å²) < 4.78 is 5.96. The zero-order valence-electron chi connectivity index (χ0n) is 10.3. The Labute approximate surface area is 103 Å². The van der Waals surface area contributed by atoms with Gasteiger partial charge in [0.1, 0.15) is 5.75 Å². The standard InChI is InChI=1S/C15H21NO/c16-15(9-3-4-10-15)13-5-1-2-6-14(13)17-11-12-7-8-12/h1-2,5-6,12H,3-4,7-11,16H2. The van der Waals surface area contributed by atoms with Crippen LogP contribution in [-0.2, 0) is 5.54 Å². The predicted octanol–water partition coefficient (Wildman–Crippen LogP) is 3.20. The average Bonchev–Trinajstić information content (AvgIpc) is 3.08. The fraction of sp³-hybridized carbons (Fsp3) is 0.600. The Balaban J connectivity index is 1.81. The van der Waals surface area contributed by atoms with Crippen molar-refractivity contribution in [1.29, 1.82) is 0 Å². The monoisotopic (exact) mass is 231 g/mol. The van der Waals surface area contributed by atoms with Crippen LogP contribution < -0.4 is 10.5 Å². The van der Waals surface area contributed by atoms with Gasteiger partial charge in [-0.1, -0.05) is 31.0 Å². The van der Waals surface area contributed by atoms with Gasteiger partial charge in [-0.2, -0.15) is 0 Å². The van der Waals surface area contributed by atoms with Crippen molar-refractivity contribution >= 4 is 0 Å². The summed E-state index contributed by atoms with van der Waals surface area (Å²) in [6.45, 7) is 0.868. The molecule has 0 aliphatic heterocycles. The van der Waals surface area contributed by atoms with Gasteiger partial charge in [0.2, 0.25) is 0 Å². The third-order valence-electron chi connectivity index (χ3n) is 4.09. The third kappa shape index (κ3) is 2.32. The lowest BCUT2D eigenvalue weighted by Gasteiger charge is -2.26. The Bertz CT molecular complexity index is 392. The van der Waals surface area contributed by atoms with Gasteiger partial charge < -0.3 is 10.5 Å². The Morgan fingerprint density at radius 2 is 1.88 bits per heavy atom. The van der Waals surface area contributed by atoms with E-state index in [9.17, 15) is 0 Å². The molecule has 0 spiro atoms. The molecule has 2 nitrogen and oxygen atoms in total. The van der Waals surface area contributed by atoms with Gasteiger partial charge >= 0.3 is 0 Å². The Morgan fingerprint density at radius 1 is 1.18 bits per heavy atom. The first-order valence-electron chi connectivity index (χ1n) is 6.79. The first kappa shape index (κ1) is 11.1. The van der Waals surface area contributed by atoms with E-state index in [4.69, 9.17) is 10.5 Å². The summed E-state index contributed by atoms with van der Waals surface area (Å²) in [4.78, 5) is 0. The minimum absolute atomic E-state index is 0.139. The van der Waals surface area contributed by atoms with Crippen molar-refractivity contribution in [1.82, 2.24) is 0 Å². The summed E-state index contributed by atoms with van der Waals surface area (Å²) in [5.41, 5.74) is 7.60. The van der Waals surface area contributed by atoms with Crippen LogP contribution in [0.3, 0.4) is 0 Å². The van der Waals surface area contributed by atoms with E-state index < -0.39 is 0 Å². The van der Waals surface area contributed by atoms with Gasteiger partial charge in [0, 0.05) is 11.1 Å². The van der Waals surface area contributed by atoms with E-state index in [2.05, 4.69) is 18.2 Å². The zero-order chi connectivity index (χ0) is 11.7. The zero-order valence-corrected chi connectivity index (χ0v) is 10.3. The molecule has 2 fully saturated rings. The molecule has 0 aromatic heterocycles. The summed E-state index contributed by atoms with van der Waals surface area (Å²) in [6.07, 6.45) is 7.33. The lowest BCUT2D eigenvalue weighted by atomic mass is 9.89. The second kappa shape index (κ2) is 4.34. The van der Waals surface area contributed by atoms with E-state index in [0.717, 1.165) is 31.1 Å². The van der Waals surface area contributed by atoms with Crippen molar-refractivity contribution in [2.24, 2.45) is 11.7 Å². The van der Waals surface area contributed by atoms with Crippen LogP contribution in [0.15, 0.2) is 24.3 Å². The largest absolute Gasteiger partial charge is 0.493 e. The predicted molar refractivity (Wildman–Crippen MR) is 69.0 cm³/mol. The van der Waals surface area contributed by atoms with E-state index in [0.29, 0.717) is 0 Å². The summed E-state index contributed by atoms with van der Waals surface area (Å²) in [5, 5.41) is 0. The highest BCUT2D eigenvalue weighted by molar-refractivity contribution is 5.39. The second-order valence-corrected chi connectivity index (χ2v) is 5.61. The normalized spacial score (nSPS) is 22.6. The Morgan fingerprint density at radius 3 is 2.59 bits per heavy atom. The molecule has 3 rings (SSSR count). The van der Waals surface area contributed by atoms with E-state index in [-0.39, 0.29) is 5.54 Å². The molecule has 2 heteroatoms. The highest BCUT2D eigenvalue weighted by Gasteiger charge is 2.34. The van der Waals surface area contributed by atoms with Crippen molar-refractivity contribution in [2.45, 2.75) is 44.1 Å². The quantitative estimate of drug-likeness (QED) is 0.863. The Kier molecular flexibility index (Phi) is 2.83. The number of nitrogens with two attached hydrogens (primary N) is 1. The Hall–Kier alpha value is -1.02. The molecule has 92 valence electrons. The SMILES string of the molecule is NC1(c2ccccc2OCC2CC2)CCCC1. The summed E-state index contributed by atoms with van der Waals surface area (Å²) in [5.74, 6) is 1.81. The van der Waals surface area contributed by atoms with Crippen molar-refractivity contribution in [3.8, 4) is 5.75 Å². The van der Waals surface area contributed by atoms with Gasteiger partial charge in [-0.05, 0) is 37.7 Å². The number of rotatable bonds is 4.